The van der Waals surface area contributed by atoms with Crippen LogP contribution in [0.3, 0.4) is 0 Å². The summed E-state index contributed by atoms with van der Waals surface area (Å²) in [6.07, 6.45) is -6.49. The van der Waals surface area contributed by atoms with Crippen molar-refractivity contribution in [2.24, 2.45) is 0 Å². The van der Waals surface area contributed by atoms with Gasteiger partial charge in [-0.2, -0.15) is 0 Å². The molecule has 214 valence electrons. The molecule has 2 aliphatic heterocycles. The van der Waals surface area contributed by atoms with Crippen molar-refractivity contribution >= 4 is 0 Å². The van der Waals surface area contributed by atoms with Gasteiger partial charge in [0, 0.05) is 21.3 Å². The molecule has 0 bridgehead atoms. The highest BCUT2D eigenvalue weighted by Gasteiger charge is 2.52. The topological polar surface area (TPSA) is 135 Å². The van der Waals surface area contributed by atoms with E-state index in [0.717, 1.165) is 25.7 Å². The van der Waals surface area contributed by atoms with Gasteiger partial charge in [-0.15, -0.1) is 0 Å². The molecule has 2 aliphatic rings. The van der Waals surface area contributed by atoms with Gasteiger partial charge in [-0.25, -0.2) is 0 Å². The van der Waals surface area contributed by atoms with Gasteiger partial charge in [0.05, 0.1) is 25.4 Å². The van der Waals surface area contributed by atoms with Crippen molar-refractivity contribution in [2.45, 2.75) is 127 Å². The molecule has 0 saturated carbocycles. The third-order valence-corrected chi connectivity index (χ3v) is 7.08. The second kappa shape index (κ2) is 15.8. The Morgan fingerprint density at radius 2 is 1.17 bits per heavy atom. The van der Waals surface area contributed by atoms with E-state index in [1.807, 2.05) is 27.7 Å². The molecule has 0 aromatic heterocycles. The van der Waals surface area contributed by atoms with Gasteiger partial charge in [0.25, 0.3) is 0 Å². The Hall–Kier alpha value is -0.440. The maximum atomic E-state index is 11.2. The fourth-order valence-corrected chi connectivity index (χ4v) is 4.82. The lowest BCUT2D eigenvalue weighted by Crippen LogP contribution is -2.66. The lowest BCUT2D eigenvalue weighted by atomic mass is 9.96. The Labute approximate surface area is 215 Å². The van der Waals surface area contributed by atoms with Crippen molar-refractivity contribution in [3.8, 4) is 0 Å². The van der Waals surface area contributed by atoms with E-state index in [1.54, 1.807) is 0 Å². The van der Waals surface area contributed by atoms with E-state index < -0.39 is 68.0 Å². The maximum absolute atomic E-state index is 11.2. The van der Waals surface area contributed by atoms with Crippen LogP contribution in [0.4, 0.5) is 0 Å². The van der Waals surface area contributed by atoms with Gasteiger partial charge in [0.15, 0.2) is 12.6 Å². The number of rotatable bonds is 15. The van der Waals surface area contributed by atoms with E-state index in [9.17, 15) is 15.3 Å². The molecule has 0 radical (unpaired) electrons. The Morgan fingerprint density at radius 1 is 0.667 bits per heavy atom. The molecule has 2 saturated heterocycles. The third-order valence-electron chi connectivity index (χ3n) is 7.08. The minimum atomic E-state index is -1.21. The van der Waals surface area contributed by atoms with E-state index in [0.29, 0.717) is 0 Å². The summed E-state index contributed by atoms with van der Waals surface area (Å²) in [5, 5.41) is 32.5. The van der Waals surface area contributed by atoms with E-state index >= 15 is 0 Å². The van der Waals surface area contributed by atoms with Gasteiger partial charge in [-0.1, -0.05) is 27.7 Å². The minimum absolute atomic E-state index is 0.0654. The van der Waals surface area contributed by atoms with Crippen LogP contribution in [0.15, 0.2) is 0 Å². The molecule has 0 aromatic carbocycles. The Bertz CT molecular complexity index is 586. The SMILES string of the molecule is CCC(CC)OC1C(COC)OC(OC2C(O)C(OC)[C@H](OC(CC)CC)O[C@H]2CO)C(OC)C1O. The van der Waals surface area contributed by atoms with Gasteiger partial charge in [0.1, 0.15) is 48.8 Å². The molecule has 2 rings (SSSR count). The van der Waals surface area contributed by atoms with Gasteiger partial charge in [-0.3, -0.25) is 0 Å². The highest BCUT2D eigenvalue weighted by molar-refractivity contribution is 4.96. The molecule has 11 heteroatoms. The molecule has 0 aliphatic carbocycles. The second-order valence-corrected chi connectivity index (χ2v) is 9.32. The predicted octanol–water partition coefficient (Wildman–Crippen LogP) is 0.991. The third kappa shape index (κ3) is 7.57. The summed E-state index contributed by atoms with van der Waals surface area (Å²) in [5.41, 5.74) is 0. The summed E-state index contributed by atoms with van der Waals surface area (Å²) in [5.74, 6) is 0. The summed E-state index contributed by atoms with van der Waals surface area (Å²) in [6, 6.07) is 0. The molecule has 11 nitrogen and oxygen atoms in total. The molecule has 0 spiro atoms. The minimum Gasteiger partial charge on any atom is -0.394 e. The molecule has 2 fully saturated rings. The van der Waals surface area contributed by atoms with Gasteiger partial charge in [-0.05, 0) is 25.7 Å². The fourth-order valence-electron chi connectivity index (χ4n) is 4.82. The standard InChI is InChI=1S/C25H48O11/c1-8-14(9-2)32-21-17(13-29-5)35-25(23(31-7)19(21)28)36-20-16(12-26)34-24(22(30-6)18(20)27)33-15(10-3)11-4/h14-28H,8-13H2,1-7H3/t16-,17?,18?,19?,20?,21?,22?,23?,24+,25?/m0/s1. The molecule has 8 unspecified atom stereocenters. The first-order valence-electron chi connectivity index (χ1n) is 13.1. The predicted molar refractivity (Wildman–Crippen MR) is 129 cm³/mol. The zero-order valence-corrected chi connectivity index (χ0v) is 22.8. The van der Waals surface area contributed by atoms with Crippen LogP contribution >= 0.6 is 0 Å². The summed E-state index contributed by atoms with van der Waals surface area (Å²) < 4.78 is 46.9. The molecule has 3 N–H and O–H groups in total. The van der Waals surface area contributed by atoms with Crippen molar-refractivity contribution in [3.63, 3.8) is 0 Å². The number of methoxy groups -OCH3 is 3. The van der Waals surface area contributed by atoms with Crippen molar-refractivity contribution in [2.75, 3.05) is 34.5 Å². The van der Waals surface area contributed by atoms with Crippen molar-refractivity contribution < 1.29 is 53.2 Å². The number of ether oxygens (including phenoxy) is 8. The Morgan fingerprint density at radius 3 is 1.67 bits per heavy atom. The maximum Gasteiger partial charge on any atom is 0.187 e. The quantitative estimate of drug-likeness (QED) is 0.283. The Balaban J connectivity index is 2.24. The fraction of sp³-hybridized carbons (Fsp3) is 1.00. The summed E-state index contributed by atoms with van der Waals surface area (Å²) in [6.45, 7) is 7.74. The second-order valence-electron chi connectivity index (χ2n) is 9.32. The van der Waals surface area contributed by atoms with Gasteiger partial charge >= 0.3 is 0 Å². The van der Waals surface area contributed by atoms with Crippen molar-refractivity contribution in [1.29, 1.82) is 0 Å². The van der Waals surface area contributed by atoms with Crippen LogP contribution in [0.1, 0.15) is 53.4 Å². The largest absolute Gasteiger partial charge is 0.394 e. The summed E-state index contributed by atoms with van der Waals surface area (Å²) in [7, 11) is 4.42. The van der Waals surface area contributed by atoms with E-state index in [1.165, 1.54) is 21.3 Å². The van der Waals surface area contributed by atoms with Gasteiger partial charge in [0.2, 0.25) is 0 Å². The van der Waals surface area contributed by atoms with Crippen molar-refractivity contribution in [1.82, 2.24) is 0 Å². The van der Waals surface area contributed by atoms with Crippen LogP contribution in [0.25, 0.3) is 0 Å². The molecular weight excluding hydrogens is 476 g/mol. The lowest BCUT2D eigenvalue weighted by molar-refractivity contribution is -0.369. The smallest absolute Gasteiger partial charge is 0.187 e. The molecule has 10 atom stereocenters. The number of hydrogen-bond donors (Lipinski definition) is 3. The van der Waals surface area contributed by atoms with Crippen LogP contribution in [0.5, 0.6) is 0 Å². The average molecular weight is 525 g/mol. The first-order chi connectivity index (χ1) is 17.3. The summed E-state index contributed by atoms with van der Waals surface area (Å²) in [4.78, 5) is 0. The lowest BCUT2D eigenvalue weighted by Gasteiger charge is -2.48. The number of aliphatic hydroxyl groups excluding tert-OH is 3. The average Bonchev–Trinajstić information content (AvgIpc) is 2.88. The first kappa shape index (κ1) is 31.8. The molecule has 0 amide bonds. The first-order valence-corrected chi connectivity index (χ1v) is 13.1. The number of hydrogen-bond acceptors (Lipinski definition) is 11. The molecule has 36 heavy (non-hydrogen) atoms. The monoisotopic (exact) mass is 524 g/mol. The molecule has 2 heterocycles. The number of aliphatic hydroxyl groups is 3. The highest BCUT2D eigenvalue weighted by atomic mass is 16.8. The van der Waals surface area contributed by atoms with Crippen LogP contribution in [-0.2, 0) is 37.9 Å². The van der Waals surface area contributed by atoms with Crippen LogP contribution in [-0.4, -0.2) is 123 Å². The van der Waals surface area contributed by atoms with Crippen LogP contribution < -0.4 is 0 Å². The zero-order chi connectivity index (χ0) is 26.8. The molecule has 0 aromatic rings. The van der Waals surface area contributed by atoms with Crippen molar-refractivity contribution in [3.05, 3.63) is 0 Å². The highest BCUT2D eigenvalue weighted by Crippen LogP contribution is 2.33. The van der Waals surface area contributed by atoms with Crippen LogP contribution in [0.2, 0.25) is 0 Å². The van der Waals surface area contributed by atoms with E-state index in [4.69, 9.17) is 37.9 Å². The van der Waals surface area contributed by atoms with Gasteiger partial charge < -0.3 is 53.2 Å². The van der Waals surface area contributed by atoms with E-state index in [2.05, 4.69) is 0 Å². The Kier molecular flexibility index (Phi) is 14.0. The normalized spacial score (nSPS) is 37.7. The summed E-state index contributed by atoms with van der Waals surface area (Å²) >= 11 is 0. The van der Waals surface area contributed by atoms with Crippen LogP contribution in [0, 0.1) is 0 Å². The zero-order valence-electron chi connectivity index (χ0n) is 22.8. The van der Waals surface area contributed by atoms with E-state index in [-0.39, 0.29) is 18.8 Å². The molecular formula is C25H48O11.